The second-order valence-electron chi connectivity index (χ2n) is 5.19. The molecule has 124 valence electrons. The number of hydrogen-bond acceptors (Lipinski definition) is 2. The van der Waals surface area contributed by atoms with Crippen LogP contribution in [-0.4, -0.2) is 37.1 Å². The molecule has 0 atom stereocenters. The zero-order chi connectivity index (χ0) is 16.7. The van der Waals surface area contributed by atoms with Gasteiger partial charge in [-0.2, -0.15) is 13.2 Å². The number of alkyl halides is 3. The highest BCUT2D eigenvalue weighted by Gasteiger charge is 2.33. The van der Waals surface area contributed by atoms with E-state index < -0.39 is 17.8 Å². The highest BCUT2D eigenvalue weighted by atomic mass is 19.4. The minimum atomic E-state index is -4.51. The smallest absolute Gasteiger partial charge is 0.327 e. The van der Waals surface area contributed by atoms with Crippen molar-refractivity contribution in [2.75, 3.05) is 31.5 Å². The van der Waals surface area contributed by atoms with E-state index in [0.717, 1.165) is 19.2 Å². The molecule has 23 heavy (non-hydrogen) atoms. The van der Waals surface area contributed by atoms with Crippen molar-refractivity contribution >= 4 is 11.7 Å². The molecule has 0 saturated carbocycles. The van der Waals surface area contributed by atoms with Gasteiger partial charge in [0, 0.05) is 0 Å². The van der Waals surface area contributed by atoms with Gasteiger partial charge in [0.15, 0.2) is 0 Å². The molecule has 0 unspecified atom stereocenters. The van der Waals surface area contributed by atoms with Gasteiger partial charge in [-0.1, -0.05) is 24.0 Å². The highest BCUT2D eigenvalue weighted by Crippen LogP contribution is 2.34. The normalized spacial score (nSPS) is 14.9. The third-order valence-corrected chi connectivity index (χ3v) is 3.44. The van der Waals surface area contributed by atoms with E-state index in [-0.39, 0.29) is 12.2 Å². The van der Waals surface area contributed by atoms with Crippen LogP contribution in [-0.2, 0) is 6.18 Å². The van der Waals surface area contributed by atoms with Crippen LogP contribution >= 0.6 is 0 Å². The van der Waals surface area contributed by atoms with Crippen molar-refractivity contribution < 1.29 is 18.0 Å². The molecule has 1 heterocycles. The number of nitrogens with zero attached hydrogens (tertiary/aromatic N) is 1. The van der Waals surface area contributed by atoms with E-state index >= 15 is 0 Å². The van der Waals surface area contributed by atoms with Crippen LogP contribution in [0.4, 0.5) is 23.7 Å². The minimum absolute atomic E-state index is 0.0911. The maximum absolute atomic E-state index is 12.8. The van der Waals surface area contributed by atoms with Crippen molar-refractivity contribution in [3.8, 4) is 11.8 Å². The molecule has 7 heteroatoms. The van der Waals surface area contributed by atoms with Gasteiger partial charge in [-0.05, 0) is 38.1 Å². The molecule has 0 radical (unpaired) electrons. The summed E-state index contributed by atoms with van der Waals surface area (Å²) in [5.74, 6) is 5.72. The van der Waals surface area contributed by atoms with Crippen LogP contribution < -0.4 is 10.6 Å². The molecule has 0 spiro atoms. The third-order valence-electron chi connectivity index (χ3n) is 3.44. The topological polar surface area (TPSA) is 44.4 Å². The Bertz CT molecular complexity index is 599. The number of halogens is 3. The number of para-hydroxylation sites is 1. The van der Waals surface area contributed by atoms with Crippen molar-refractivity contribution in [2.24, 2.45) is 0 Å². The Balaban J connectivity index is 1.80. The van der Waals surface area contributed by atoms with Crippen LogP contribution in [0.25, 0.3) is 0 Å². The molecule has 1 aliphatic rings. The van der Waals surface area contributed by atoms with Gasteiger partial charge in [0.05, 0.1) is 24.3 Å². The average Bonchev–Trinajstić information content (AvgIpc) is 2.99. The summed E-state index contributed by atoms with van der Waals surface area (Å²) in [6, 6.07) is 4.13. The van der Waals surface area contributed by atoms with E-state index in [2.05, 4.69) is 27.4 Å². The van der Waals surface area contributed by atoms with Crippen molar-refractivity contribution in [3.63, 3.8) is 0 Å². The lowest BCUT2D eigenvalue weighted by molar-refractivity contribution is -0.136. The summed E-state index contributed by atoms with van der Waals surface area (Å²) in [5.41, 5.74) is -1.15. The van der Waals surface area contributed by atoms with Crippen LogP contribution in [0.3, 0.4) is 0 Å². The Kier molecular flexibility index (Phi) is 5.88. The summed E-state index contributed by atoms with van der Waals surface area (Å²) in [6.45, 7) is 2.82. The van der Waals surface area contributed by atoms with E-state index in [0.29, 0.717) is 6.54 Å². The largest absolute Gasteiger partial charge is 0.418 e. The van der Waals surface area contributed by atoms with Gasteiger partial charge >= 0.3 is 12.2 Å². The standard InChI is InChI=1S/C16H18F3N3O/c17-16(18,19)13-7-1-2-8-14(13)21-15(23)20-9-3-4-10-22-11-5-6-12-22/h1-2,7-8H,5-6,9-12H2,(H2,20,21,23). The van der Waals surface area contributed by atoms with Crippen molar-refractivity contribution in [2.45, 2.75) is 19.0 Å². The maximum atomic E-state index is 12.8. The van der Waals surface area contributed by atoms with Crippen LogP contribution in [0.5, 0.6) is 0 Å². The molecule has 1 aromatic carbocycles. The summed E-state index contributed by atoms with van der Waals surface area (Å²) >= 11 is 0. The first-order valence-corrected chi connectivity index (χ1v) is 7.36. The fourth-order valence-electron chi connectivity index (χ4n) is 2.30. The average molecular weight is 325 g/mol. The Morgan fingerprint density at radius 3 is 2.57 bits per heavy atom. The van der Waals surface area contributed by atoms with Crippen LogP contribution in [0.15, 0.2) is 24.3 Å². The summed E-state index contributed by atoms with van der Waals surface area (Å²) in [5, 5.41) is 4.63. The number of anilines is 1. The third kappa shape index (κ3) is 5.49. The summed E-state index contributed by atoms with van der Waals surface area (Å²) in [4.78, 5) is 13.9. The van der Waals surface area contributed by atoms with Gasteiger partial charge in [0.25, 0.3) is 0 Å². The monoisotopic (exact) mass is 325 g/mol. The van der Waals surface area contributed by atoms with Crippen LogP contribution in [0, 0.1) is 11.8 Å². The maximum Gasteiger partial charge on any atom is 0.418 e. The lowest BCUT2D eigenvalue weighted by atomic mass is 10.1. The molecule has 1 saturated heterocycles. The first kappa shape index (κ1) is 17.2. The molecule has 1 fully saturated rings. The lowest BCUT2D eigenvalue weighted by Crippen LogP contribution is -2.30. The number of likely N-dealkylation sites (tertiary alicyclic amines) is 1. The van der Waals surface area contributed by atoms with E-state index in [1.54, 1.807) is 0 Å². The van der Waals surface area contributed by atoms with E-state index in [9.17, 15) is 18.0 Å². The van der Waals surface area contributed by atoms with Crippen molar-refractivity contribution in [3.05, 3.63) is 29.8 Å². The van der Waals surface area contributed by atoms with Gasteiger partial charge < -0.3 is 10.6 Å². The number of benzene rings is 1. The van der Waals surface area contributed by atoms with Gasteiger partial charge in [0.2, 0.25) is 0 Å². The molecule has 1 aliphatic heterocycles. The molecule has 2 rings (SSSR count). The number of carbonyl (C=O) groups is 1. The van der Waals surface area contributed by atoms with Crippen LogP contribution in [0.1, 0.15) is 18.4 Å². The van der Waals surface area contributed by atoms with Gasteiger partial charge in [-0.3, -0.25) is 4.90 Å². The molecule has 0 aliphatic carbocycles. The van der Waals surface area contributed by atoms with E-state index in [4.69, 9.17) is 0 Å². The first-order chi connectivity index (χ1) is 11.0. The molecular formula is C16H18F3N3O. The van der Waals surface area contributed by atoms with Gasteiger partial charge in [-0.25, -0.2) is 4.79 Å². The highest BCUT2D eigenvalue weighted by molar-refractivity contribution is 5.90. The fraction of sp³-hybridized carbons (Fsp3) is 0.438. The number of amides is 2. The zero-order valence-corrected chi connectivity index (χ0v) is 12.5. The van der Waals surface area contributed by atoms with E-state index in [1.807, 2.05) is 0 Å². The Hall–Kier alpha value is -2.20. The number of carbonyl (C=O) groups excluding carboxylic acids is 1. The Morgan fingerprint density at radius 1 is 1.17 bits per heavy atom. The predicted octanol–water partition coefficient (Wildman–Crippen LogP) is 2.93. The fourth-order valence-corrected chi connectivity index (χ4v) is 2.30. The van der Waals surface area contributed by atoms with Crippen molar-refractivity contribution in [1.29, 1.82) is 0 Å². The number of nitrogens with one attached hydrogen (secondary N) is 2. The molecule has 2 N–H and O–H groups in total. The SMILES string of the molecule is O=C(NCC#CCN1CCCC1)Nc1ccccc1C(F)(F)F. The first-order valence-electron chi connectivity index (χ1n) is 7.36. The molecular weight excluding hydrogens is 307 g/mol. The second-order valence-corrected chi connectivity index (χ2v) is 5.19. The molecule has 4 nitrogen and oxygen atoms in total. The molecule has 2 amide bonds. The number of rotatable bonds is 3. The number of urea groups is 1. The minimum Gasteiger partial charge on any atom is -0.327 e. The summed E-state index contributed by atoms with van der Waals surface area (Å²) in [7, 11) is 0. The number of hydrogen-bond donors (Lipinski definition) is 2. The van der Waals surface area contributed by atoms with Crippen LogP contribution in [0.2, 0.25) is 0 Å². The lowest BCUT2D eigenvalue weighted by Gasteiger charge is -2.13. The zero-order valence-electron chi connectivity index (χ0n) is 12.5. The molecule has 0 bridgehead atoms. The van der Waals surface area contributed by atoms with Gasteiger partial charge in [0.1, 0.15) is 0 Å². The molecule has 0 aromatic heterocycles. The van der Waals surface area contributed by atoms with Crippen molar-refractivity contribution in [1.82, 2.24) is 10.2 Å². The quantitative estimate of drug-likeness (QED) is 0.839. The second kappa shape index (κ2) is 7.88. The Morgan fingerprint density at radius 2 is 1.87 bits per heavy atom. The summed E-state index contributed by atoms with van der Waals surface area (Å²) in [6.07, 6.45) is -2.15. The summed E-state index contributed by atoms with van der Waals surface area (Å²) < 4.78 is 38.4. The Labute approximate surface area is 133 Å². The van der Waals surface area contributed by atoms with Gasteiger partial charge in [-0.15, -0.1) is 0 Å². The predicted molar refractivity (Wildman–Crippen MR) is 81.9 cm³/mol. The molecule has 1 aromatic rings. The van der Waals surface area contributed by atoms with E-state index in [1.165, 1.54) is 31.0 Å².